The lowest BCUT2D eigenvalue weighted by Crippen LogP contribution is -2.39. The Morgan fingerprint density at radius 1 is 1.54 bits per heavy atom. The summed E-state index contributed by atoms with van der Waals surface area (Å²) in [6.45, 7) is 2.65. The van der Waals surface area contributed by atoms with Crippen molar-refractivity contribution >= 4 is 29.6 Å². The van der Waals surface area contributed by atoms with E-state index in [-0.39, 0.29) is 29.5 Å². The normalized spacial score (nSPS) is 22.1. The molecular formula is C17H18ClFO5. The molecule has 1 fully saturated rings. The molecule has 24 heavy (non-hydrogen) atoms. The van der Waals surface area contributed by atoms with Gasteiger partial charge in [0.25, 0.3) is 0 Å². The molecule has 130 valence electrons. The summed E-state index contributed by atoms with van der Waals surface area (Å²) in [5, 5.41) is 9.52. The minimum atomic E-state index is -1.29. The Labute approximate surface area is 144 Å². The van der Waals surface area contributed by atoms with Crippen LogP contribution in [0, 0.1) is 11.7 Å². The van der Waals surface area contributed by atoms with E-state index in [4.69, 9.17) is 21.1 Å². The van der Waals surface area contributed by atoms with Gasteiger partial charge in [0.1, 0.15) is 12.4 Å². The number of aliphatic hydroxyl groups is 1. The number of esters is 2. The molecule has 0 radical (unpaired) electrons. The van der Waals surface area contributed by atoms with Crippen LogP contribution in [0.5, 0.6) is 0 Å². The topological polar surface area (TPSA) is 72.8 Å². The van der Waals surface area contributed by atoms with Crippen molar-refractivity contribution < 1.29 is 28.6 Å². The van der Waals surface area contributed by atoms with Gasteiger partial charge in [-0.15, -0.1) is 0 Å². The molecule has 1 saturated heterocycles. The largest absolute Gasteiger partial charge is 0.461 e. The molecule has 1 aromatic carbocycles. The van der Waals surface area contributed by atoms with Crippen molar-refractivity contribution in [2.75, 3.05) is 13.2 Å². The number of benzene rings is 1. The molecule has 1 N–H and O–H groups in total. The fourth-order valence-corrected chi connectivity index (χ4v) is 2.40. The highest BCUT2D eigenvalue weighted by Gasteiger charge is 2.44. The Kier molecular flexibility index (Phi) is 5.62. The van der Waals surface area contributed by atoms with E-state index < -0.39 is 30.0 Å². The van der Waals surface area contributed by atoms with Crippen molar-refractivity contribution in [2.24, 2.45) is 5.92 Å². The maximum atomic E-state index is 13.2. The molecule has 0 spiro atoms. The molecule has 0 aliphatic carbocycles. The number of carbonyl (C=O) groups excluding carboxylic acids is 2. The maximum absolute atomic E-state index is 13.2. The van der Waals surface area contributed by atoms with E-state index in [2.05, 4.69) is 0 Å². The van der Waals surface area contributed by atoms with Crippen molar-refractivity contribution in [1.29, 1.82) is 0 Å². The van der Waals surface area contributed by atoms with E-state index in [0.717, 1.165) is 0 Å². The van der Waals surface area contributed by atoms with Gasteiger partial charge in [0.05, 0.1) is 17.5 Å². The molecule has 5 nitrogen and oxygen atoms in total. The number of halogens is 2. The summed E-state index contributed by atoms with van der Waals surface area (Å²) in [6.07, 6.45) is 1.58. The molecule has 0 aromatic heterocycles. The summed E-state index contributed by atoms with van der Waals surface area (Å²) in [7, 11) is 0. The first kappa shape index (κ1) is 18.4. The van der Waals surface area contributed by atoms with Gasteiger partial charge in [-0.05, 0) is 23.8 Å². The highest BCUT2D eigenvalue weighted by molar-refractivity contribution is 6.30. The van der Waals surface area contributed by atoms with Gasteiger partial charge in [-0.2, -0.15) is 0 Å². The van der Waals surface area contributed by atoms with Crippen LogP contribution in [0.15, 0.2) is 23.8 Å². The minimum absolute atomic E-state index is 0.0602. The molecule has 2 rings (SSSR count). The van der Waals surface area contributed by atoms with E-state index in [1.165, 1.54) is 24.3 Å². The van der Waals surface area contributed by atoms with Gasteiger partial charge >= 0.3 is 11.9 Å². The van der Waals surface area contributed by atoms with Gasteiger partial charge < -0.3 is 14.6 Å². The van der Waals surface area contributed by atoms with Crippen LogP contribution in [0.1, 0.15) is 25.8 Å². The van der Waals surface area contributed by atoms with Gasteiger partial charge in [-0.3, -0.25) is 4.79 Å². The van der Waals surface area contributed by atoms with Gasteiger partial charge in [-0.25, -0.2) is 9.18 Å². The van der Waals surface area contributed by atoms with Crippen LogP contribution in [0.4, 0.5) is 4.39 Å². The van der Waals surface area contributed by atoms with Crippen molar-refractivity contribution in [2.45, 2.75) is 25.9 Å². The molecule has 0 saturated carbocycles. The zero-order chi connectivity index (χ0) is 17.9. The second-order valence-electron chi connectivity index (χ2n) is 6.01. The van der Waals surface area contributed by atoms with Crippen molar-refractivity contribution in [1.82, 2.24) is 0 Å². The quantitative estimate of drug-likeness (QED) is 0.648. The Hall–Kier alpha value is -1.92. The van der Waals surface area contributed by atoms with Gasteiger partial charge in [0, 0.05) is 12.0 Å². The van der Waals surface area contributed by atoms with Crippen LogP contribution in [-0.2, 0) is 19.1 Å². The summed E-state index contributed by atoms with van der Waals surface area (Å²) in [4.78, 5) is 23.6. The highest BCUT2D eigenvalue weighted by Crippen LogP contribution is 2.33. The summed E-state index contributed by atoms with van der Waals surface area (Å²) in [5.41, 5.74) is -0.481. The highest BCUT2D eigenvalue weighted by atomic mass is 35.5. The fourth-order valence-electron chi connectivity index (χ4n) is 2.21. The van der Waals surface area contributed by atoms with Crippen LogP contribution in [0.25, 0.3) is 6.08 Å². The zero-order valence-corrected chi connectivity index (χ0v) is 14.1. The fraction of sp³-hybridized carbons (Fsp3) is 0.412. The number of cyclic esters (lactones) is 1. The lowest BCUT2D eigenvalue weighted by molar-refractivity contribution is -0.168. The van der Waals surface area contributed by atoms with Crippen molar-refractivity contribution in [3.8, 4) is 0 Å². The van der Waals surface area contributed by atoms with Gasteiger partial charge in [0.15, 0.2) is 5.60 Å². The number of ether oxygens (including phenoxy) is 2. The average molecular weight is 357 g/mol. The van der Waals surface area contributed by atoms with Crippen LogP contribution in [0.3, 0.4) is 0 Å². The van der Waals surface area contributed by atoms with E-state index in [1.807, 2.05) is 0 Å². The van der Waals surface area contributed by atoms with Gasteiger partial charge in [0.2, 0.25) is 0 Å². The third-order valence-corrected chi connectivity index (χ3v) is 3.90. The summed E-state index contributed by atoms with van der Waals surface area (Å²) in [6, 6.07) is 4.05. The summed E-state index contributed by atoms with van der Waals surface area (Å²) < 4.78 is 23.5. The molecule has 1 atom stereocenters. The van der Waals surface area contributed by atoms with E-state index in [1.54, 1.807) is 13.8 Å². The van der Waals surface area contributed by atoms with E-state index >= 15 is 0 Å². The SMILES string of the molecule is CC(C)C(=O)OCC1(CO)C/C(=C\c2ccc(F)c(Cl)c2)C(=O)O1. The van der Waals surface area contributed by atoms with Crippen LogP contribution < -0.4 is 0 Å². The first-order chi connectivity index (χ1) is 11.3. The molecule has 1 unspecified atom stereocenters. The van der Waals surface area contributed by atoms with Crippen molar-refractivity contribution in [3.05, 3.63) is 40.2 Å². The third kappa shape index (κ3) is 4.13. The number of rotatable bonds is 5. The minimum Gasteiger partial charge on any atom is -0.461 e. The number of aliphatic hydroxyl groups excluding tert-OH is 1. The molecule has 0 amide bonds. The van der Waals surface area contributed by atoms with Crippen LogP contribution in [-0.4, -0.2) is 35.9 Å². The molecular weight excluding hydrogens is 339 g/mol. The maximum Gasteiger partial charge on any atom is 0.334 e. The predicted octanol–water partition coefficient (Wildman–Crippen LogP) is 2.74. The molecule has 1 aliphatic rings. The Balaban J connectivity index is 2.16. The summed E-state index contributed by atoms with van der Waals surface area (Å²) in [5.74, 6) is -1.95. The average Bonchev–Trinajstić information content (AvgIpc) is 2.85. The van der Waals surface area contributed by atoms with E-state index in [0.29, 0.717) is 5.56 Å². The van der Waals surface area contributed by atoms with Crippen molar-refractivity contribution in [3.63, 3.8) is 0 Å². The first-order valence-corrected chi connectivity index (χ1v) is 7.80. The smallest absolute Gasteiger partial charge is 0.334 e. The predicted molar refractivity (Wildman–Crippen MR) is 85.7 cm³/mol. The lowest BCUT2D eigenvalue weighted by atomic mass is 9.98. The van der Waals surface area contributed by atoms with E-state index in [9.17, 15) is 19.1 Å². The first-order valence-electron chi connectivity index (χ1n) is 7.43. The van der Waals surface area contributed by atoms with Gasteiger partial charge in [-0.1, -0.05) is 31.5 Å². The number of hydrogen-bond acceptors (Lipinski definition) is 5. The number of carbonyl (C=O) groups is 2. The Morgan fingerprint density at radius 2 is 2.25 bits per heavy atom. The lowest BCUT2D eigenvalue weighted by Gasteiger charge is -2.24. The Morgan fingerprint density at radius 3 is 2.83 bits per heavy atom. The second kappa shape index (κ2) is 7.32. The molecule has 1 aromatic rings. The standard InChI is InChI=1S/C17H18ClFO5/c1-10(2)15(21)23-9-17(8-20)7-12(16(22)24-17)5-11-3-4-14(19)13(18)6-11/h3-6,10,20H,7-9H2,1-2H3/b12-5+. The molecule has 7 heteroatoms. The Bertz CT molecular complexity index is 686. The molecule has 0 bridgehead atoms. The zero-order valence-electron chi connectivity index (χ0n) is 13.3. The van der Waals surface area contributed by atoms with Crippen LogP contribution >= 0.6 is 11.6 Å². The molecule has 1 heterocycles. The monoisotopic (exact) mass is 356 g/mol. The number of hydrogen-bond donors (Lipinski definition) is 1. The second-order valence-corrected chi connectivity index (χ2v) is 6.42. The molecule has 1 aliphatic heterocycles. The third-order valence-electron chi connectivity index (χ3n) is 3.61. The van der Waals surface area contributed by atoms with Crippen LogP contribution in [0.2, 0.25) is 5.02 Å². The summed E-state index contributed by atoms with van der Waals surface area (Å²) >= 11 is 5.72.